The van der Waals surface area contributed by atoms with Gasteiger partial charge in [-0.15, -0.1) is 11.3 Å². The molecule has 72 valence electrons. The predicted molar refractivity (Wildman–Crippen MR) is 56.0 cm³/mol. The second-order valence-electron chi connectivity index (χ2n) is 3.00. The van der Waals surface area contributed by atoms with Crippen molar-refractivity contribution in [2.45, 2.75) is 25.7 Å². The van der Waals surface area contributed by atoms with Gasteiger partial charge in [-0.05, 0) is 17.9 Å². The number of carbonyl (C=O) groups excluding carboxylic acids is 1. The van der Waals surface area contributed by atoms with Gasteiger partial charge in [0.25, 0.3) is 0 Å². The van der Waals surface area contributed by atoms with Crippen molar-refractivity contribution in [2.24, 2.45) is 0 Å². The van der Waals surface area contributed by atoms with E-state index < -0.39 is 0 Å². The minimum absolute atomic E-state index is 0.125. The zero-order valence-corrected chi connectivity index (χ0v) is 8.86. The van der Waals surface area contributed by atoms with Crippen LogP contribution in [0.15, 0.2) is 17.5 Å². The van der Waals surface area contributed by atoms with E-state index in [1.807, 2.05) is 6.07 Å². The van der Waals surface area contributed by atoms with Crippen molar-refractivity contribution in [1.82, 2.24) is 5.32 Å². The first-order valence-electron chi connectivity index (χ1n) is 4.52. The molecule has 1 atom stereocenters. The van der Waals surface area contributed by atoms with Crippen LogP contribution in [0.2, 0.25) is 0 Å². The lowest BCUT2D eigenvalue weighted by molar-refractivity contribution is -0.121. The number of hydrogen-bond acceptors (Lipinski definition) is 2. The van der Waals surface area contributed by atoms with Crippen LogP contribution in [-0.2, 0) is 4.79 Å². The summed E-state index contributed by atoms with van der Waals surface area (Å²) in [6.45, 7) is 2.12. The first-order valence-corrected chi connectivity index (χ1v) is 5.39. The Balaban J connectivity index is 2.58. The van der Waals surface area contributed by atoms with Crippen molar-refractivity contribution in [3.05, 3.63) is 22.4 Å². The summed E-state index contributed by atoms with van der Waals surface area (Å²) in [6.07, 6.45) is 1.63. The van der Waals surface area contributed by atoms with E-state index in [1.165, 1.54) is 4.88 Å². The number of rotatable bonds is 4. The number of nitrogens with one attached hydrogen (secondary N) is 1. The summed E-state index contributed by atoms with van der Waals surface area (Å²) in [4.78, 5) is 12.5. The molecule has 0 saturated carbocycles. The Hall–Kier alpha value is -0.830. The van der Waals surface area contributed by atoms with Crippen LogP contribution < -0.4 is 5.32 Å². The highest BCUT2D eigenvalue weighted by Crippen LogP contribution is 2.26. The number of amides is 1. The molecule has 0 spiro atoms. The van der Waals surface area contributed by atoms with Crippen LogP contribution in [0.1, 0.15) is 30.6 Å². The van der Waals surface area contributed by atoms with Crippen LogP contribution in [0.25, 0.3) is 0 Å². The maximum atomic E-state index is 11.2. The Labute approximate surface area is 83.0 Å². The van der Waals surface area contributed by atoms with E-state index in [2.05, 4.69) is 23.7 Å². The van der Waals surface area contributed by atoms with Crippen molar-refractivity contribution >= 4 is 17.2 Å². The van der Waals surface area contributed by atoms with E-state index in [0.29, 0.717) is 12.3 Å². The SMILES string of the molecule is CCC(CC(=O)NC)c1cccs1. The van der Waals surface area contributed by atoms with Gasteiger partial charge >= 0.3 is 0 Å². The van der Waals surface area contributed by atoms with Gasteiger partial charge in [-0.2, -0.15) is 0 Å². The molecule has 1 amide bonds. The van der Waals surface area contributed by atoms with Crippen LogP contribution >= 0.6 is 11.3 Å². The molecule has 0 fully saturated rings. The summed E-state index contributed by atoms with van der Waals surface area (Å²) < 4.78 is 0. The molecule has 0 aliphatic carbocycles. The summed E-state index contributed by atoms with van der Waals surface area (Å²) in [6, 6.07) is 4.13. The number of thiophene rings is 1. The number of hydrogen-bond donors (Lipinski definition) is 1. The van der Waals surface area contributed by atoms with Crippen LogP contribution in [0.3, 0.4) is 0 Å². The average molecular weight is 197 g/mol. The average Bonchev–Trinajstić information content (AvgIpc) is 2.66. The Morgan fingerprint density at radius 1 is 1.69 bits per heavy atom. The fourth-order valence-corrected chi connectivity index (χ4v) is 2.21. The van der Waals surface area contributed by atoms with E-state index >= 15 is 0 Å². The minimum atomic E-state index is 0.125. The van der Waals surface area contributed by atoms with Gasteiger partial charge in [-0.1, -0.05) is 13.0 Å². The van der Waals surface area contributed by atoms with Gasteiger partial charge in [0.1, 0.15) is 0 Å². The third kappa shape index (κ3) is 2.84. The van der Waals surface area contributed by atoms with E-state index in [-0.39, 0.29) is 5.91 Å². The third-order valence-corrected chi connectivity index (χ3v) is 3.18. The molecule has 2 nitrogen and oxygen atoms in total. The van der Waals surface area contributed by atoms with Gasteiger partial charge in [0, 0.05) is 24.3 Å². The summed E-state index contributed by atoms with van der Waals surface area (Å²) in [7, 11) is 1.68. The largest absolute Gasteiger partial charge is 0.359 e. The summed E-state index contributed by atoms with van der Waals surface area (Å²) in [5.41, 5.74) is 0. The van der Waals surface area contributed by atoms with Crippen molar-refractivity contribution in [2.75, 3.05) is 7.05 Å². The van der Waals surface area contributed by atoms with Crippen LogP contribution in [0.4, 0.5) is 0 Å². The van der Waals surface area contributed by atoms with Gasteiger partial charge in [0.2, 0.25) is 5.91 Å². The molecule has 1 N–H and O–H groups in total. The van der Waals surface area contributed by atoms with Crippen LogP contribution in [0.5, 0.6) is 0 Å². The lowest BCUT2D eigenvalue weighted by atomic mass is 10.0. The topological polar surface area (TPSA) is 29.1 Å². The van der Waals surface area contributed by atoms with E-state index in [1.54, 1.807) is 18.4 Å². The van der Waals surface area contributed by atoms with Gasteiger partial charge in [0.15, 0.2) is 0 Å². The van der Waals surface area contributed by atoms with Gasteiger partial charge < -0.3 is 5.32 Å². The van der Waals surface area contributed by atoms with Crippen molar-refractivity contribution in [3.8, 4) is 0 Å². The standard InChI is InChI=1S/C10H15NOS/c1-3-8(7-10(12)11-2)9-5-4-6-13-9/h4-6,8H,3,7H2,1-2H3,(H,11,12). The lowest BCUT2D eigenvalue weighted by Gasteiger charge is -2.11. The van der Waals surface area contributed by atoms with Gasteiger partial charge in [-0.3, -0.25) is 4.79 Å². The van der Waals surface area contributed by atoms with Crippen LogP contribution in [0, 0.1) is 0 Å². The zero-order valence-electron chi connectivity index (χ0n) is 8.04. The molecule has 1 rings (SSSR count). The summed E-state index contributed by atoms with van der Waals surface area (Å²) in [5.74, 6) is 0.514. The quantitative estimate of drug-likeness (QED) is 0.789. The second kappa shape index (κ2) is 5.02. The Kier molecular flexibility index (Phi) is 3.96. The molecule has 1 heterocycles. The monoisotopic (exact) mass is 197 g/mol. The van der Waals surface area contributed by atoms with Gasteiger partial charge in [-0.25, -0.2) is 0 Å². The van der Waals surface area contributed by atoms with E-state index in [0.717, 1.165) is 6.42 Å². The Morgan fingerprint density at radius 3 is 2.92 bits per heavy atom. The Morgan fingerprint density at radius 2 is 2.46 bits per heavy atom. The fourth-order valence-electron chi connectivity index (χ4n) is 1.30. The second-order valence-corrected chi connectivity index (χ2v) is 3.98. The maximum Gasteiger partial charge on any atom is 0.220 e. The lowest BCUT2D eigenvalue weighted by Crippen LogP contribution is -2.19. The molecule has 0 saturated heterocycles. The molecule has 3 heteroatoms. The molecular formula is C10H15NOS. The molecule has 0 aliphatic rings. The Bertz CT molecular complexity index is 256. The van der Waals surface area contributed by atoms with Crippen molar-refractivity contribution in [1.29, 1.82) is 0 Å². The molecule has 1 aromatic rings. The number of carbonyl (C=O) groups is 1. The van der Waals surface area contributed by atoms with E-state index in [4.69, 9.17) is 0 Å². The molecule has 1 unspecified atom stereocenters. The minimum Gasteiger partial charge on any atom is -0.359 e. The smallest absolute Gasteiger partial charge is 0.220 e. The maximum absolute atomic E-state index is 11.2. The molecular weight excluding hydrogens is 182 g/mol. The third-order valence-electron chi connectivity index (χ3n) is 2.15. The molecule has 1 aromatic heterocycles. The van der Waals surface area contributed by atoms with E-state index in [9.17, 15) is 4.79 Å². The summed E-state index contributed by atoms with van der Waals surface area (Å²) in [5, 5.41) is 4.71. The van der Waals surface area contributed by atoms with Crippen molar-refractivity contribution in [3.63, 3.8) is 0 Å². The molecule has 0 bridgehead atoms. The molecule has 0 aromatic carbocycles. The van der Waals surface area contributed by atoms with Gasteiger partial charge in [0.05, 0.1) is 0 Å². The highest BCUT2D eigenvalue weighted by atomic mass is 32.1. The predicted octanol–water partition coefficient (Wildman–Crippen LogP) is 2.38. The van der Waals surface area contributed by atoms with Crippen LogP contribution in [-0.4, -0.2) is 13.0 Å². The first kappa shape index (κ1) is 10.3. The summed E-state index contributed by atoms with van der Waals surface area (Å²) >= 11 is 1.73. The zero-order chi connectivity index (χ0) is 9.68. The first-order chi connectivity index (χ1) is 6.27. The van der Waals surface area contributed by atoms with Crippen molar-refractivity contribution < 1.29 is 4.79 Å². The highest BCUT2D eigenvalue weighted by Gasteiger charge is 2.13. The normalized spacial score (nSPS) is 12.5. The fraction of sp³-hybridized carbons (Fsp3) is 0.500. The highest BCUT2D eigenvalue weighted by molar-refractivity contribution is 7.10. The molecule has 13 heavy (non-hydrogen) atoms. The molecule has 0 radical (unpaired) electrons. The molecule has 0 aliphatic heterocycles.